The minimum atomic E-state index is 0.0457. The number of nitrogens with zero attached hydrogens (tertiary/aromatic N) is 1. The molecule has 0 unspecified atom stereocenters. The Balaban J connectivity index is 1.74. The van der Waals surface area contributed by atoms with Crippen molar-refractivity contribution in [1.82, 2.24) is 0 Å². The van der Waals surface area contributed by atoms with Gasteiger partial charge in [-0.3, -0.25) is 4.79 Å². The number of hydrogen-bond donors (Lipinski definition) is 0. The number of unbranched alkanes of at least 4 members (excludes halogenated alkanes) is 11. The third-order valence-electron chi connectivity index (χ3n) is 6.86. The molecule has 0 aromatic heterocycles. The summed E-state index contributed by atoms with van der Waals surface area (Å²) < 4.78 is 6.20. The Morgan fingerprint density at radius 2 is 1.36 bits per heavy atom. The molecule has 2 aromatic carbocycles. The lowest BCUT2D eigenvalue weighted by atomic mass is 10.0. The van der Waals surface area contributed by atoms with Crippen LogP contribution in [0.25, 0.3) is 0 Å². The summed E-state index contributed by atoms with van der Waals surface area (Å²) in [6, 6.07) is 12.5. The fraction of sp³-hybridized carbons (Fsp3) is 0.594. The van der Waals surface area contributed by atoms with Gasteiger partial charge in [-0.15, -0.1) is 0 Å². The Labute approximate surface area is 229 Å². The lowest BCUT2D eigenvalue weighted by Gasteiger charge is -2.23. The van der Waals surface area contributed by atoms with E-state index in [4.69, 9.17) is 4.74 Å². The van der Waals surface area contributed by atoms with Crippen molar-refractivity contribution in [3.63, 3.8) is 0 Å². The monoisotopic (exact) mass is 557 g/mol. The van der Waals surface area contributed by atoms with E-state index >= 15 is 0 Å². The van der Waals surface area contributed by atoms with E-state index in [9.17, 15) is 4.79 Å². The summed E-state index contributed by atoms with van der Waals surface area (Å²) in [6.45, 7) is 9.46. The van der Waals surface area contributed by atoms with Crippen LogP contribution >= 0.6 is 15.9 Å². The molecule has 0 radical (unpaired) electrons. The molecule has 0 aliphatic heterocycles. The second-order valence-electron chi connectivity index (χ2n) is 10.2. The maximum absolute atomic E-state index is 12.4. The standard InChI is InChI=1S/C32H48BrNO2/c1-5-6-7-8-9-10-11-12-13-14-15-16-20-36-32-26(2)21-30(22-27(32)3)25-34(28(4)35)31-19-17-18-29(23-31)24-33/h17-19,21-23H,5-16,20,24-25H2,1-4H3. The summed E-state index contributed by atoms with van der Waals surface area (Å²) in [4.78, 5) is 14.3. The van der Waals surface area contributed by atoms with Crippen molar-refractivity contribution in [2.24, 2.45) is 0 Å². The number of anilines is 1. The summed E-state index contributed by atoms with van der Waals surface area (Å²) >= 11 is 3.51. The predicted octanol–water partition coefficient (Wildman–Crippen LogP) is 9.83. The maximum Gasteiger partial charge on any atom is 0.224 e. The number of carbonyl (C=O) groups is 1. The van der Waals surface area contributed by atoms with E-state index < -0.39 is 0 Å². The van der Waals surface area contributed by atoms with E-state index in [0.717, 1.165) is 52.0 Å². The zero-order valence-corrected chi connectivity index (χ0v) is 24.8. The van der Waals surface area contributed by atoms with Crippen LogP contribution in [0.1, 0.15) is 113 Å². The largest absolute Gasteiger partial charge is 0.493 e. The van der Waals surface area contributed by atoms with Crippen LogP contribution in [0.3, 0.4) is 0 Å². The highest BCUT2D eigenvalue weighted by Crippen LogP contribution is 2.27. The number of rotatable bonds is 18. The zero-order valence-electron chi connectivity index (χ0n) is 23.2. The first-order chi connectivity index (χ1) is 17.5. The highest BCUT2D eigenvalue weighted by molar-refractivity contribution is 9.08. The molecule has 0 spiro atoms. The Bertz CT molecular complexity index is 888. The van der Waals surface area contributed by atoms with Gasteiger partial charge in [0, 0.05) is 17.9 Å². The fourth-order valence-corrected chi connectivity index (χ4v) is 5.20. The highest BCUT2D eigenvalue weighted by atomic mass is 79.9. The number of alkyl halides is 1. The van der Waals surface area contributed by atoms with Crippen molar-refractivity contribution < 1.29 is 9.53 Å². The Kier molecular flexibility index (Phi) is 14.9. The molecular formula is C32H48BrNO2. The number of ether oxygens (including phenoxy) is 1. The lowest BCUT2D eigenvalue weighted by Crippen LogP contribution is -2.28. The van der Waals surface area contributed by atoms with Crippen LogP contribution < -0.4 is 9.64 Å². The van der Waals surface area contributed by atoms with Gasteiger partial charge in [0.25, 0.3) is 0 Å². The minimum Gasteiger partial charge on any atom is -0.493 e. The zero-order chi connectivity index (χ0) is 26.2. The number of hydrogen-bond acceptors (Lipinski definition) is 2. The van der Waals surface area contributed by atoms with Gasteiger partial charge in [0.2, 0.25) is 5.91 Å². The van der Waals surface area contributed by atoms with Gasteiger partial charge in [0.05, 0.1) is 13.2 Å². The number of aryl methyl sites for hydroxylation is 2. The molecule has 0 heterocycles. The number of carbonyl (C=O) groups excluding carboxylic acids is 1. The summed E-state index contributed by atoms with van der Waals surface area (Å²) in [5, 5.41) is 0.774. The van der Waals surface area contributed by atoms with E-state index in [1.54, 1.807) is 6.92 Å². The molecule has 0 bridgehead atoms. The molecule has 2 rings (SSSR count). The molecule has 0 N–H and O–H groups in total. The molecule has 0 saturated heterocycles. The molecule has 0 fully saturated rings. The van der Waals surface area contributed by atoms with E-state index in [-0.39, 0.29) is 5.91 Å². The molecule has 1 amide bonds. The van der Waals surface area contributed by atoms with Crippen molar-refractivity contribution >= 4 is 27.5 Å². The molecule has 0 atom stereocenters. The van der Waals surface area contributed by atoms with E-state index in [0.29, 0.717) is 6.54 Å². The second kappa shape index (κ2) is 17.6. The van der Waals surface area contributed by atoms with Crippen LogP contribution in [0.4, 0.5) is 5.69 Å². The molecule has 36 heavy (non-hydrogen) atoms. The molecule has 0 saturated carbocycles. The normalized spacial score (nSPS) is 11.0. The van der Waals surface area contributed by atoms with Crippen molar-refractivity contribution in [3.05, 3.63) is 58.7 Å². The van der Waals surface area contributed by atoms with Gasteiger partial charge < -0.3 is 9.64 Å². The average Bonchev–Trinajstić information content (AvgIpc) is 2.86. The Morgan fingerprint density at radius 3 is 1.89 bits per heavy atom. The number of benzene rings is 2. The van der Waals surface area contributed by atoms with Gasteiger partial charge in [0.15, 0.2) is 0 Å². The molecule has 2 aromatic rings. The Morgan fingerprint density at radius 1 is 0.806 bits per heavy atom. The van der Waals surface area contributed by atoms with Gasteiger partial charge >= 0.3 is 0 Å². The van der Waals surface area contributed by atoms with Gasteiger partial charge in [-0.2, -0.15) is 0 Å². The first kappa shape index (κ1) is 30.4. The van der Waals surface area contributed by atoms with Gasteiger partial charge in [-0.1, -0.05) is 118 Å². The molecule has 4 heteroatoms. The highest BCUT2D eigenvalue weighted by Gasteiger charge is 2.15. The van der Waals surface area contributed by atoms with E-state index in [2.05, 4.69) is 61.0 Å². The SMILES string of the molecule is CCCCCCCCCCCCCCOc1c(C)cc(CN(C(C)=O)c2cccc(CBr)c2)cc1C. The topological polar surface area (TPSA) is 29.5 Å². The van der Waals surface area contributed by atoms with E-state index in [1.165, 1.54) is 70.6 Å². The molecule has 3 nitrogen and oxygen atoms in total. The smallest absolute Gasteiger partial charge is 0.224 e. The van der Waals surface area contributed by atoms with Crippen molar-refractivity contribution in [2.75, 3.05) is 11.5 Å². The predicted molar refractivity (Wildman–Crippen MR) is 158 cm³/mol. The molecular weight excluding hydrogens is 510 g/mol. The van der Waals surface area contributed by atoms with Gasteiger partial charge in [0.1, 0.15) is 5.75 Å². The minimum absolute atomic E-state index is 0.0457. The van der Waals surface area contributed by atoms with Crippen LogP contribution in [-0.4, -0.2) is 12.5 Å². The number of amides is 1. The fourth-order valence-electron chi connectivity index (χ4n) is 4.85. The number of halogens is 1. The van der Waals surface area contributed by atoms with Crippen LogP contribution in [-0.2, 0) is 16.7 Å². The first-order valence-corrected chi connectivity index (χ1v) is 15.2. The van der Waals surface area contributed by atoms with Crippen LogP contribution in [0.15, 0.2) is 36.4 Å². The third-order valence-corrected chi connectivity index (χ3v) is 7.51. The van der Waals surface area contributed by atoms with E-state index in [1.807, 2.05) is 17.0 Å². The summed E-state index contributed by atoms with van der Waals surface area (Å²) in [6.07, 6.45) is 16.2. The molecule has 0 aliphatic rings. The summed E-state index contributed by atoms with van der Waals surface area (Å²) in [5.41, 5.74) is 5.50. The van der Waals surface area contributed by atoms with Crippen LogP contribution in [0.2, 0.25) is 0 Å². The average molecular weight is 559 g/mol. The van der Waals surface area contributed by atoms with Crippen LogP contribution in [0, 0.1) is 13.8 Å². The van der Waals surface area contributed by atoms with Crippen molar-refractivity contribution in [3.8, 4) is 5.75 Å². The summed E-state index contributed by atoms with van der Waals surface area (Å²) in [5.74, 6) is 1.04. The van der Waals surface area contributed by atoms with Crippen LogP contribution in [0.5, 0.6) is 5.75 Å². The first-order valence-electron chi connectivity index (χ1n) is 14.1. The van der Waals surface area contributed by atoms with Gasteiger partial charge in [-0.05, 0) is 54.7 Å². The third kappa shape index (κ3) is 11.1. The van der Waals surface area contributed by atoms with Gasteiger partial charge in [-0.25, -0.2) is 0 Å². The van der Waals surface area contributed by atoms with Crippen molar-refractivity contribution in [2.45, 2.75) is 117 Å². The molecule has 0 aliphatic carbocycles. The van der Waals surface area contributed by atoms with Crippen molar-refractivity contribution in [1.29, 1.82) is 0 Å². The molecule has 200 valence electrons. The lowest BCUT2D eigenvalue weighted by molar-refractivity contribution is -0.116. The second-order valence-corrected chi connectivity index (χ2v) is 10.8. The summed E-state index contributed by atoms with van der Waals surface area (Å²) in [7, 11) is 0. The Hall–Kier alpha value is -1.81. The maximum atomic E-state index is 12.4. The quantitative estimate of drug-likeness (QED) is 0.135.